The van der Waals surface area contributed by atoms with Crippen LogP contribution in [-0.2, 0) is 4.74 Å². The van der Waals surface area contributed by atoms with Crippen molar-refractivity contribution in [3.63, 3.8) is 0 Å². The molecule has 0 spiro atoms. The minimum atomic E-state index is 0.694. The van der Waals surface area contributed by atoms with Gasteiger partial charge in [0.1, 0.15) is 0 Å². The van der Waals surface area contributed by atoms with Gasteiger partial charge in [0.25, 0.3) is 0 Å². The van der Waals surface area contributed by atoms with Gasteiger partial charge in [-0.3, -0.25) is 0 Å². The molecule has 0 aromatic carbocycles. The van der Waals surface area contributed by atoms with Crippen molar-refractivity contribution in [1.82, 2.24) is 10.2 Å². The van der Waals surface area contributed by atoms with Crippen LogP contribution >= 0.6 is 0 Å². The summed E-state index contributed by atoms with van der Waals surface area (Å²) in [7, 11) is 4.25. The highest BCUT2D eigenvalue weighted by atomic mass is 16.5. The standard InChI is InChI=1S/C11H24N2O/c1-13(2)8-4-7-12-11-5-3-9-14-10-6-11/h11-12H,3-10H2,1-2H3. The lowest BCUT2D eigenvalue weighted by molar-refractivity contribution is 0.142. The minimum Gasteiger partial charge on any atom is -0.381 e. The van der Waals surface area contributed by atoms with Gasteiger partial charge in [0.15, 0.2) is 0 Å². The largest absolute Gasteiger partial charge is 0.381 e. The summed E-state index contributed by atoms with van der Waals surface area (Å²) in [5.74, 6) is 0. The quantitative estimate of drug-likeness (QED) is 0.673. The van der Waals surface area contributed by atoms with Crippen LogP contribution in [0, 0.1) is 0 Å². The lowest BCUT2D eigenvalue weighted by atomic mass is 10.1. The number of ether oxygens (including phenoxy) is 1. The predicted octanol–water partition coefficient (Wildman–Crippen LogP) is 1.10. The van der Waals surface area contributed by atoms with Crippen molar-refractivity contribution < 1.29 is 4.74 Å². The average Bonchev–Trinajstić information content (AvgIpc) is 2.40. The maximum Gasteiger partial charge on any atom is 0.0480 e. The van der Waals surface area contributed by atoms with Crippen LogP contribution in [0.4, 0.5) is 0 Å². The fourth-order valence-corrected chi connectivity index (χ4v) is 1.81. The second kappa shape index (κ2) is 7.21. The summed E-state index contributed by atoms with van der Waals surface area (Å²) in [6.45, 7) is 4.21. The van der Waals surface area contributed by atoms with Crippen molar-refractivity contribution in [3.8, 4) is 0 Å². The van der Waals surface area contributed by atoms with Gasteiger partial charge in [-0.25, -0.2) is 0 Å². The Morgan fingerprint density at radius 3 is 2.93 bits per heavy atom. The molecule has 1 atom stereocenters. The van der Waals surface area contributed by atoms with Crippen LogP contribution < -0.4 is 5.32 Å². The van der Waals surface area contributed by atoms with Gasteiger partial charge in [0, 0.05) is 19.3 Å². The van der Waals surface area contributed by atoms with Crippen LogP contribution in [0.5, 0.6) is 0 Å². The molecule has 1 fully saturated rings. The van der Waals surface area contributed by atoms with E-state index in [1.807, 2.05) is 0 Å². The molecule has 0 aromatic heterocycles. The molecule has 1 heterocycles. The van der Waals surface area contributed by atoms with E-state index in [0.29, 0.717) is 6.04 Å². The van der Waals surface area contributed by atoms with Crippen LogP contribution in [0.3, 0.4) is 0 Å². The molecule has 1 N–H and O–H groups in total. The average molecular weight is 200 g/mol. The number of hydrogen-bond donors (Lipinski definition) is 1. The number of hydrogen-bond acceptors (Lipinski definition) is 3. The molecule has 1 rings (SSSR count). The number of nitrogens with one attached hydrogen (secondary N) is 1. The second-order valence-corrected chi connectivity index (χ2v) is 4.35. The van der Waals surface area contributed by atoms with Gasteiger partial charge in [0.2, 0.25) is 0 Å². The van der Waals surface area contributed by atoms with Crippen LogP contribution in [0.25, 0.3) is 0 Å². The predicted molar refractivity (Wildman–Crippen MR) is 59.6 cm³/mol. The van der Waals surface area contributed by atoms with Crippen LogP contribution in [0.1, 0.15) is 25.7 Å². The molecular formula is C11H24N2O. The van der Waals surface area contributed by atoms with E-state index in [0.717, 1.165) is 19.8 Å². The Kier molecular flexibility index (Phi) is 6.15. The molecule has 14 heavy (non-hydrogen) atoms. The van der Waals surface area contributed by atoms with E-state index in [1.165, 1.54) is 32.2 Å². The first-order valence-electron chi connectivity index (χ1n) is 5.75. The van der Waals surface area contributed by atoms with Crippen LogP contribution in [0.2, 0.25) is 0 Å². The zero-order chi connectivity index (χ0) is 10.2. The van der Waals surface area contributed by atoms with Gasteiger partial charge in [-0.15, -0.1) is 0 Å². The van der Waals surface area contributed by atoms with Gasteiger partial charge in [-0.2, -0.15) is 0 Å². The monoisotopic (exact) mass is 200 g/mol. The third kappa shape index (κ3) is 5.58. The molecule has 1 unspecified atom stereocenters. The SMILES string of the molecule is CN(C)CCCNC1CCCOCC1. The summed E-state index contributed by atoms with van der Waals surface area (Å²) in [5, 5.41) is 3.61. The highest BCUT2D eigenvalue weighted by Crippen LogP contribution is 2.07. The Morgan fingerprint density at radius 1 is 1.29 bits per heavy atom. The summed E-state index contributed by atoms with van der Waals surface area (Å²) in [4.78, 5) is 2.23. The van der Waals surface area contributed by atoms with E-state index in [2.05, 4.69) is 24.3 Å². The molecule has 3 heteroatoms. The molecule has 1 aliphatic heterocycles. The molecule has 84 valence electrons. The maximum absolute atomic E-state index is 5.42. The molecule has 0 bridgehead atoms. The second-order valence-electron chi connectivity index (χ2n) is 4.35. The van der Waals surface area contributed by atoms with E-state index in [9.17, 15) is 0 Å². The lowest BCUT2D eigenvalue weighted by Crippen LogP contribution is -2.31. The zero-order valence-electron chi connectivity index (χ0n) is 9.59. The first kappa shape index (κ1) is 12.0. The van der Waals surface area contributed by atoms with E-state index >= 15 is 0 Å². The Hall–Kier alpha value is -0.120. The van der Waals surface area contributed by atoms with Crippen molar-refractivity contribution in [1.29, 1.82) is 0 Å². The number of nitrogens with zero attached hydrogens (tertiary/aromatic N) is 1. The van der Waals surface area contributed by atoms with E-state index in [1.54, 1.807) is 0 Å². The molecule has 1 aliphatic rings. The first-order valence-corrected chi connectivity index (χ1v) is 5.75. The summed E-state index contributed by atoms with van der Waals surface area (Å²) < 4.78 is 5.42. The van der Waals surface area contributed by atoms with Crippen molar-refractivity contribution in [2.75, 3.05) is 40.4 Å². The van der Waals surface area contributed by atoms with Gasteiger partial charge in [-0.1, -0.05) is 0 Å². The molecule has 0 aliphatic carbocycles. The lowest BCUT2D eigenvalue weighted by Gasteiger charge is -2.16. The summed E-state index contributed by atoms with van der Waals surface area (Å²) in [5.41, 5.74) is 0. The van der Waals surface area contributed by atoms with Crippen LogP contribution in [-0.4, -0.2) is 51.3 Å². The summed E-state index contributed by atoms with van der Waals surface area (Å²) >= 11 is 0. The Labute approximate surface area is 87.8 Å². The van der Waals surface area contributed by atoms with Crippen molar-refractivity contribution in [2.24, 2.45) is 0 Å². The van der Waals surface area contributed by atoms with Crippen molar-refractivity contribution in [3.05, 3.63) is 0 Å². The van der Waals surface area contributed by atoms with E-state index in [-0.39, 0.29) is 0 Å². The first-order chi connectivity index (χ1) is 6.79. The van der Waals surface area contributed by atoms with Crippen molar-refractivity contribution >= 4 is 0 Å². The van der Waals surface area contributed by atoms with Gasteiger partial charge in [-0.05, 0) is 52.9 Å². The van der Waals surface area contributed by atoms with Gasteiger partial charge < -0.3 is 15.0 Å². The molecule has 3 nitrogen and oxygen atoms in total. The fraction of sp³-hybridized carbons (Fsp3) is 1.00. The Balaban J connectivity index is 1.99. The molecule has 0 radical (unpaired) electrons. The summed E-state index contributed by atoms with van der Waals surface area (Å²) in [6, 6.07) is 0.694. The van der Waals surface area contributed by atoms with E-state index < -0.39 is 0 Å². The minimum absolute atomic E-state index is 0.694. The summed E-state index contributed by atoms with van der Waals surface area (Å²) in [6.07, 6.45) is 4.92. The topological polar surface area (TPSA) is 24.5 Å². The normalized spacial score (nSPS) is 23.8. The third-order valence-corrected chi connectivity index (χ3v) is 2.67. The molecule has 0 amide bonds. The van der Waals surface area contributed by atoms with Crippen molar-refractivity contribution in [2.45, 2.75) is 31.7 Å². The van der Waals surface area contributed by atoms with Crippen LogP contribution in [0.15, 0.2) is 0 Å². The molecule has 1 saturated heterocycles. The molecule has 0 saturated carbocycles. The maximum atomic E-state index is 5.42. The zero-order valence-corrected chi connectivity index (χ0v) is 9.59. The van der Waals surface area contributed by atoms with E-state index in [4.69, 9.17) is 4.74 Å². The highest BCUT2D eigenvalue weighted by molar-refractivity contribution is 4.69. The molecule has 0 aromatic rings. The third-order valence-electron chi connectivity index (χ3n) is 2.67. The Bertz CT molecular complexity index is 131. The highest BCUT2D eigenvalue weighted by Gasteiger charge is 2.10. The smallest absolute Gasteiger partial charge is 0.0480 e. The molecular weight excluding hydrogens is 176 g/mol. The van der Waals surface area contributed by atoms with Gasteiger partial charge in [0.05, 0.1) is 0 Å². The van der Waals surface area contributed by atoms with Gasteiger partial charge >= 0.3 is 0 Å². The Morgan fingerprint density at radius 2 is 2.14 bits per heavy atom. The number of rotatable bonds is 5. The fourth-order valence-electron chi connectivity index (χ4n) is 1.81.